The highest BCUT2D eigenvalue weighted by molar-refractivity contribution is 5.79. The van der Waals surface area contributed by atoms with Crippen LogP contribution in [0.2, 0.25) is 0 Å². The van der Waals surface area contributed by atoms with Crippen molar-refractivity contribution in [2.45, 2.75) is 31.0 Å². The largest absolute Gasteiger partial charge is 0.479 e. The van der Waals surface area contributed by atoms with Crippen LogP contribution in [0.4, 0.5) is 0 Å². The Kier molecular flexibility index (Phi) is 2.09. The van der Waals surface area contributed by atoms with Crippen LogP contribution in [-0.2, 0) is 9.53 Å². The van der Waals surface area contributed by atoms with Crippen molar-refractivity contribution in [2.24, 2.45) is 0 Å². The van der Waals surface area contributed by atoms with Gasteiger partial charge in [-0.25, -0.2) is 4.79 Å². The van der Waals surface area contributed by atoms with Gasteiger partial charge >= 0.3 is 5.97 Å². The molecule has 0 unspecified atom stereocenters. The third kappa shape index (κ3) is 1.00. The average molecular weight is 178 g/mol. The molecular formula is C6H10O6. The molecule has 4 N–H and O–H groups in total. The van der Waals surface area contributed by atoms with Gasteiger partial charge in [0.05, 0.1) is 0 Å². The maximum absolute atomic E-state index is 10.5. The Labute approximate surface area is 68.0 Å². The summed E-state index contributed by atoms with van der Waals surface area (Å²) in [5, 5.41) is 35.8. The fourth-order valence-electron chi connectivity index (χ4n) is 1.15. The van der Waals surface area contributed by atoms with Gasteiger partial charge in [-0.1, -0.05) is 0 Å². The molecule has 0 bridgehead atoms. The van der Waals surface area contributed by atoms with Crippen LogP contribution in [-0.4, -0.2) is 50.5 Å². The highest BCUT2D eigenvalue weighted by Crippen LogP contribution is 2.29. The van der Waals surface area contributed by atoms with Gasteiger partial charge in [-0.05, 0) is 6.92 Å². The second-order valence-corrected chi connectivity index (χ2v) is 2.74. The second-order valence-electron chi connectivity index (χ2n) is 2.74. The van der Waals surface area contributed by atoms with E-state index in [1.807, 2.05) is 0 Å². The molecule has 0 aromatic heterocycles. The fourth-order valence-corrected chi connectivity index (χ4v) is 1.15. The van der Waals surface area contributed by atoms with E-state index in [2.05, 4.69) is 4.74 Å². The van der Waals surface area contributed by atoms with Crippen molar-refractivity contribution in [3.05, 3.63) is 0 Å². The lowest BCUT2D eigenvalue weighted by atomic mass is 9.94. The van der Waals surface area contributed by atoms with Crippen molar-refractivity contribution < 1.29 is 30.0 Å². The molecule has 1 heterocycles. The fraction of sp³-hybridized carbons (Fsp3) is 0.833. The van der Waals surface area contributed by atoms with Crippen molar-refractivity contribution in [1.29, 1.82) is 0 Å². The Hall–Kier alpha value is -0.690. The zero-order valence-electron chi connectivity index (χ0n) is 6.34. The minimum absolute atomic E-state index is 1.14. The molecule has 6 nitrogen and oxygen atoms in total. The van der Waals surface area contributed by atoms with Crippen LogP contribution in [0.3, 0.4) is 0 Å². The number of aliphatic hydroxyl groups is 3. The smallest absolute Gasteiger partial charge is 0.341 e. The van der Waals surface area contributed by atoms with E-state index in [0.29, 0.717) is 0 Å². The zero-order valence-corrected chi connectivity index (χ0v) is 6.34. The molecule has 4 atom stereocenters. The number of aliphatic carboxylic acids is 1. The topological polar surface area (TPSA) is 107 Å². The zero-order chi connectivity index (χ0) is 9.52. The summed E-state index contributed by atoms with van der Waals surface area (Å²) < 4.78 is 4.53. The number of carboxylic acid groups (broad SMARTS) is 1. The molecule has 0 amide bonds. The third-order valence-corrected chi connectivity index (χ3v) is 2.03. The molecule has 6 heteroatoms. The lowest BCUT2D eigenvalue weighted by Crippen LogP contribution is -2.53. The van der Waals surface area contributed by atoms with E-state index in [-0.39, 0.29) is 0 Å². The van der Waals surface area contributed by atoms with Crippen LogP contribution in [0.5, 0.6) is 0 Å². The first-order valence-electron chi connectivity index (χ1n) is 3.38. The molecule has 0 aliphatic carbocycles. The van der Waals surface area contributed by atoms with Crippen molar-refractivity contribution in [3.8, 4) is 0 Å². The van der Waals surface area contributed by atoms with Crippen molar-refractivity contribution in [1.82, 2.24) is 0 Å². The summed E-state index contributed by atoms with van der Waals surface area (Å²) >= 11 is 0. The lowest BCUT2D eigenvalue weighted by Gasteiger charge is -2.23. The van der Waals surface area contributed by atoms with Gasteiger partial charge in [0.15, 0.2) is 6.29 Å². The van der Waals surface area contributed by atoms with Gasteiger partial charge in [0.2, 0.25) is 5.60 Å². The van der Waals surface area contributed by atoms with Crippen LogP contribution in [0.25, 0.3) is 0 Å². The van der Waals surface area contributed by atoms with E-state index in [1.54, 1.807) is 0 Å². The first-order chi connectivity index (χ1) is 5.40. The van der Waals surface area contributed by atoms with Crippen molar-refractivity contribution in [3.63, 3.8) is 0 Å². The first-order valence-corrected chi connectivity index (χ1v) is 3.38. The van der Waals surface area contributed by atoms with E-state index in [0.717, 1.165) is 0 Å². The monoisotopic (exact) mass is 178 g/mol. The van der Waals surface area contributed by atoms with E-state index in [9.17, 15) is 9.90 Å². The molecule has 12 heavy (non-hydrogen) atoms. The quantitative estimate of drug-likeness (QED) is 0.366. The predicted octanol–water partition coefficient (Wildman–Crippen LogP) is -2.10. The molecule has 0 spiro atoms. The van der Waals surface area contributed by atoms with Crippen LogP contribution in [0, 0.1) is 0 Å². The molecular weight excluding hydrogens is 168 g/mol. The molecule has 1 rings (SSSR count). The van der Waals surface area contributed by atoms with Crippen molar-refractivity contribution in [2.75, 3.05) is 0 Å². The minimum atomic E-state index is -2.42. The number of carboxylic acids is 1. The van der Waals surface area contributed by atoms with Crippen LogP contribution in [0.1, 0.15) is 6.92 Å². The van der Waals surface area contributed by atoms with Crippen LogP contribution >= 0.6 is 0 Å². The Balaban J connectivity index is 2.95. The minimum Gasteiger partial charge on any atom is -0.479 e. The maximum atomic E-state index is 10.5. The van der Waals surface area contributed by atoms with Gasteiger partial charge < -0.3 is 25.2 Å². The summed E-state index contributed by atoms with van der Waals surface area (Å²) in [6, 6.07) is 0. The summed E-state index contributed by atoms with van der Waals surface area (Å²) in [6.07, 6.45) is -4.61. The molecule has 0 saturated carbocycles. The van der Waals surface area contributed by atoms with Crippen LogP contribution in [0.15, 0.2) is 0 Å². The Morgan fingerprint density at radius 2 is 2.00 bits per heavy atom. The number of aliphatic hydroxyl groups excluding tert-OH is 2. The van der Waals surface area contributed by atoms with Gasteiger partial charge in [-0.15, -0.1) is 0 Å². The molecule has 1 aliphatic heterocycles. The molecule has 0 aromatic carbocycles. The maximum Gasteiger partial charge on any atom is 0.341 e. The normalized spacial score (nSPS) is 47.8. The summed E-state index contributed by atoms with van der Waals surface area (Å²) in [5.41, 5.74) is -2.42. The Bertz CT molecular complexity index is 204. The predicted molar refractivity (Wildman–Crippen MR) is 35.1 cm³/mol. The van der Waals surface area contributed by atoms with E-state index >= 15 is 0 Å². The Morgan fingerprint density at radius 1 is 1.50 bits per heavy atom. The highest BCUT2D eigenvalue weighted by Gasteiger charge is 2.58. The van der Waals surface area contributed by atoms with E-state index in [1.165, 1.54) is 6.92 Å². The third-order valence-electron chi connectivity index (χ3n) is 2.03. The lowest BCUT2D eigenvalue weighted by molar-refractivity contribution is -0.172. The molecule has 0 radical (unpaired) electrons. The SMILES string of the molecule is C[C@@H]1O[C@@H](O)[C@@H](O)[C@@]1(O)C(=O)O. The number of carbonyl (C=O) groups is 1. The molecule has 70 valence electrons. The molecule has 1 fully saturated rings. The molecule has 1 saturated heterocycles. The second kappa shape index (κ2) is 2.67. The van der Waals surface area contributed by atoms with E-state index < -0.39 is 30.1 Å². The summed E-state index contributed by atoms with van der Waals surface area (Å²) in [5.74, 6) is -1.61. The van der Waals surface area contributed by atoms with Gasteiger partial charge in [0, 0.05) is 0 Å². The number of ether oxygens (including phenoxy) is 1. The van der Waals surface area contributed by atoms with Gasteiger partial charge in [-0.2, -0.15) is 0 Å². The standard InChI is InChI=1S/C6H10O6/c1-2-6(11,5(9)10)3(7)4(8)12-2/h2-4,7-8,11H,1H3,(H,9,10)/t2-,3+,4+,6+/m0/s1. The summed E-state index contributed by atoms with van der Waals surface area (Å²) in [7, 11) is 0. The highest BCUT2D eigenvalue weighted by atomic mass is 16.6. The first kappa shape index (κ1) is 9.40. The van der Waals surface area contributed by atoms with Crippen LogP contribution < -0.4 is 0 Å². The molecule has 0 aromatic rings. The van der Waals surface area contributed by atoms with Gasteiger partial charge in [0.1, 0.15) is 12.2 Å². The van der Waals surface area contributed by atoms with E-state index in [4.69, 9.17) is 15.3 Å². The summed E-state index contributed by atoms with van der Waals surface area (Å²) in [6.45, 7) is 1.26. The summed E-state index contributed by atoms with van der Waals surface area (Å²) in [4.78, 5) is 10.5. The number of rotatable bonds is 1. The Morgan fingerprint density at radius 3 is 2.17 bits per heavy atom. The number of hydrogen-bond donors (Lipinski definition) is 4. The van der Waals surface area contributed by atoms with Gasteiger partial charge in [-0.3, -0.25) is 0 Å². The average Bonchev–Trinajstić information content (AvgIpc) is 2.16. The number of hydrogen-bond acceptors (Lipinski definition) is 5. The van der Waals surface area contributed by atoms with Crippen molar-refractivity contribution >= 4 is 5.97 Å². The molecule has 1 aliphatic rings. The van der Waals surface area contributed by atoms with Gasteiger partial charge in [0.25, 0.3) is 0 Å².